The first-order valence-corrected chi connectivity index (χ1v) is 3.42. The lowest BCUT2D eigenvalue weighted by Crippen LogP contribution is -2.00. The first kappa shape index (κ1) is 8.44. The molecular weight excluding hydrogens is 154 g/mol. The van der Waals surface area contributed by atoms with Crippen molar-refractivity contribution >= 4 is 5.78 Å². The number of hydrogen-bond donors (Lipinski definition) is 1. The van der Waals surface area contributed by atoms with Crippen LogP contribution in [0, 0.1) is 11.3 Å². The van der Waals surface area contributed by atoms with Crippen molar-refractivity contribution in [2.45, 2.75) is 6.61 Å². The highest BCUT2D eigenvalue weighted by molar-refractivity contribution is 6.08. The van der Waals surface area contributed by atoms with E-state index >= 15 is 0 Å². The summed E-state index contributed by atoms with van der Waals surface area (Å²) in [6.07, 6.45) is 0. The normalized spacial score (nSPS) is 9.00. The van der Waals surface area contributed by atoms with Gasteiger partial charge in [-0.05, 0) is 11.6 Å². The molecule has 0 aliphatic rings. The monoisotopic (exact) mass is 161 g/mol. The van der Waals surface area contributed by atoms with E-state index in [0.717, 1.165) is 0 Å². The summed E-state index contributed by atoms with van der Waals surface area (Å²) in [6.45, 7) is -0.219. The van der Waals surface area contributed by atoms with Crippen LogP contribution in [-0.2, 0) is 6.61 Å². The molecule has 0 saturated carbocycles. The molecule has 0 amide bonds. The average Bonchev–Trinajstić information content (AvgIpc) is 2.16. The lowest BCUT2D eigenvalue weighted by Gasteiger charge is -1.99. The maximum absolute atomic E-state index is 10.9. The van der Waals surface area contributed by atoms with Crippen molar-refractivity contribution in [3.05, 3.63) is 35.4 Å². The molecule has 12 heavy (non-hydrogen) atoms. The first-order chi connectivity index (χ1) is 5.79. The lowest BCUT2D eigenvalue weighted by molar-refractivity contribution is 0.105. The Balaban J connectivity index is 3.15. The van der Waals surface area contributed by atoms with Crippen LogP contribution in [0.4, 0.5) is 0 Å². The molecule has 0 radical (unpaired) electrons. The van der Waals surface area contributed by atoms with Gasteiger partial charge in [0.25, 0.3) is 5.78 Å². The van der Waals surface area contributed by atoms with E-state index in [4.69, 9.17) is 10.4 Å². The molecule has 3 nitrogen and oxygen atoms in total. The number of nitrogens with zero attached hydrogens (tertiary/aromatic N) is 1. The first-order valence-electron chi connectivity index (χ1n) is 3.42. The van der Waals surface area contributed by atoms with Gasteiger partial charge in [-0.2, -0.15) is 5.26 Å². The third-order valence-corrected chi connectivity index (χ3v) is 1.53. The largest absolute Gasteiger partial charge is 0.392 e. The maximum atomic E-state index is 10.9. The number of ketones is 1. The molecule has 0 aromatic heterocycles. The molecule has 0 aliphatic heterocycles. The zero-order valence-corrected chi connectivity index (χ0v) is 6.32. The molecule has 1 rings (SSSR count). The summed E-state index contributed by atoms with van der Waals surface area (Å²) in [6, 6.07) is 8.01. The van der Waals surface area contributed by atoms with E-state index < -0.39 is 5.78 Å². The van der Waals surface area contributed by atoms with Crippen LogP contribution in [0.5, 0.6) is 0 Å². The van der Waals surface area contributed by atoms with Gasteiger partial charge in [0.1, 0.15) is 6.07 Å². The van der Waals surface area contributed by atoms with E-state index in [-0.39, 0.29) is 12.2 Å². The summed E-state index contributed by atoms with van der Waals surface area (Å²) < 4.78 is 0. The Labute approximate surface area is 69.9 Å². The minimum absolute atomic E-state index is 0.219. The predicted octanol–water partition coefficient (Wildman–Crippen LogP) is 0.885. The number of rotatable bonds is 2. The number of aliphatic hydroxyl groups excluding tert-OH is 1. The second kappa shape index (κ2) is 3.65. The van der Waals surface area contributed by atoms with Crippen LogP contribution in [0.3, 0.4) is 0 Å². The second-order valence-electron chi connectivity index (χ2n) is 2.26. The van der Waals surface area contributed by atoms with Crippen molar-refractivity contribution in [2.24, 2.45) is 0 Å². The number of nitriles is 1. The van der Waals surface area contributed by atoms with Crippen LogP contribution in [0.1, 0.15) is 15.9 Å². The molecule has 0 unspecified atom stereocenters. The van der Waals surface area contributed by atoms with E-state index in [1.54, 1.807) is 18.2 Å². The van der Waals surface area contributed by atoms with Crippen molar-refractivity contribution in [1.82, 2.24) is 0 Å². The fraction of sp³-hybridized carbons (Fsp3) is 0.111. The molecule has 0 heterocycles. The van der Waals surface area contributed by atoms with Crippen LogP contribution in [-0.4, -0.2) is 10.9 Å². The van der Waals surface area contributed by atoms with E-state index in [9.17, 15) is 4.79 Å². The summed E-state index contributed by atoms with van der Waals surface area (Å²) in [7, 11) is 0. The summed E-state index contributed by atoms with van der Waals surface area (Å²) in [5, 5.41) is 17.1. The molecule has 0 bridgehead atoms. The van der Waals surface area contributed by atoms with E-state index in [1.807, 2.05) is 0 Å². The van der Waals surface area contributed by atoms with Crippen molar-refractivity contribution < 1.29 is 9.90 Å². The molecule has 0 saturated heterocycles. The molecule has 1 aromatic carbocycles. The maximum Gasteiger partial charge on any atom is 0.262 e. The fourth-order valence-electron chi connectivity index (χ4n) is 0.940. The highest BCUT2D eigenvalue weighted by Crippen LogP contribution is 2.08. The third-order valence-electron chi connectivity index (χ3n) is 1.53. The van der Waals surface area contributed by atoms with Crippen LogP contribution in [0.15, 0.2) is 24.3 Å². The highest BCUT2D eigenvalue weighted by Gasteiger charge is 2.07. The van der Waals surface area contributed by atoms with Crippen LogP contribution in [0.2, 0.25) is 0 Å². The number of benzene rings is 1. The Morgan fingerprint density at radius 1 is 1.50 bits per heavy atom. The fourth-order valence-corrected chi connectivity index (χ4v) is 0.940. The molecule has 1 N–H and O–H groups in total. The third kappa shape index (κ3) is 1.49. The van der Waals surface area contributed by atoms with Gasteiger partial charge < -0.3 is 5.11 Å². The quantitative estimate of drug-likeness (QED) is 0.517. The van der Waals surface area contributed by atoms with Crippen LogP contribution in [0.25, 0.3) is 0 Å². The molecule has 60 valence electrons. The van der Waals surface area contributed by atoms with Gasteiger partial charge in [-0.3, -0.25) is 4.79 Å². The van der Waals surface area contributed by atoms with Crippen molar-refractivity contribution in [1.29, 1.82) is 5.26 Å². The average molecular weight is 161 g/mol. The highest BCUT2D eigenvalue weighted by atomic mass is 16.3. The number of Topliss-reactive ketones (excluding diaryl/α,β-unsaturated/α-hetero) is 1. The number of hydrogen-bond acceptors (Lipinski definition) is 3. The Morgan fingerprint density at radius 2 is 2.17 bits per heavy atom. The summed E-state index contributed by atoms with van der Waals surface area (Å²) in [5.74, 6) is -0.611. The van der Waals surface area contributed by atoms with E-state index in [0.29, 0.717) is 5.56 Å². The predicted molar refractivity (Wildman–Crippen MR) is 42.3 cm³/mol. The molecular formula is C9H7NO2. The molecule has 3 heteroatoms. The van der Waals surface area contributed by atoms with E-state index in [1.165, 1.54) is 12.1 Å². The van der Waals surface area contributed by atoms with Gasteiger partial charge in [0.15, 0.2) is 0 Å². The lowest BCUT2D eigenvalue weighted by atomic mass is 10.1. The summed E-state index contributed by atoms with van der Waals surface area (Å²) in [4.78, 5) is 10.9. The van der Waals surface area contributed by atoms with Gasteiger partial charge in [-0.15, -0.1) is 0 Å². The molecule has 0 spiro atoms. The van der Waals surface area contributed by atoms with Crippen molar-refractivity contribution in [3.8, 4) is 6.07 Å². The minimum atomic E-state index is -0.611. The minimum Gasteiger partial charge on any atom is -0.392 e. The molecule has 0 aliphatic carbocycles. The number of carbonyl (C=O) groups is 1. The van der Waals surface area contributed by atoms with Gasteiger partial charge in [-0.25, -0.2) is 0 Å². The van der Waals surface area contributed by atoms with Gasteiger partial charge in [0, 0.05) is 5.56 Å². The molecule has 0 atom stereocenters. The van der Waals surface area contributed by atoms with E-state index in [2.05, 4.69) is 0 Å². The van der Waals surface area contributed by atoms with Gasteiger partial charge in [0.05, 0.1) is 6.61 Å². The zero-order chi connectivity index (χ0) is 8.97. The SMILES string of the molecule is N#CC(=O)c1ccccc1CO. The topological polar surface area (TPSA) is 61.1 Å². The van der Waals surface area contributed by atoms with Crippen molar-refractivity contribution in [2.75, 3.05) is 0 Å². The Bertz CT molecular complexity index is 339. The Morgan fingerprint density at radius 3 is 2.75 bits per heavy atom. The van der Waals surface area contributed by atoms with Crippen LogP contribution < -0.4 is 0 Å². The Hall–Kier alpha value is -1.66. The van der Waals surface area contributed by atoms with Gasteiger partial charge in [0.2, 0.25) is 0 Å². The van der Waals surface area contributed by atoms with Crippen molar-refractivity contribution in [3.63, 3.8) is 0 Å². The van der Waals surface area contributed by atoms with Crippen LogP contribution >= 0.6 is 0 Å². The van der Waals surface area contributed by atoms with Gasteiger partial charge in [-0.1, -0.05) is 18.2 Å². The number of aliphatic hydroxyl groups is 1. The number of carbonyl (C=O) groups excluding carboxylic acids is 1. The zero-order valence-electron chi connectivity index (χ0n) is 6.32. The summed E-state index contributed by atoms with van der Waals surface area (Å²) >= 11 is 0. The Kier molecular flexibility index (Phi) is 2.57. The molecule has 1 aromatic rings. The molecule has 0 fully saturated rings. The van der Waals surface area contributed by atoms with Gasteiger partial charge >= 0.3 is 0 Å². The second-order valence-corrected chi connectivity index (χ2v) is 2.26. The standard InChI is InChI=1S/C9H7NO2/c10-5-9(12)8-4-2-1-3-7(8)6-11/h1-4,11H,6H2. The smallest absolute Gasteiger partial charge is 0.262 e. The summed E-state index contributed by atoms with van der Waals surface area (Å²) in [5.41, 5.74) is 0.770.